The number of para-hydroxylation sites is 1. The maximum Gasteiger partial charge on any atom is 0.221 e. The lowest BCUT2D eigenvalue weighted by Gasteiger charge is -2.13. The summed E-state index contributed by atoms with van der Waals surface area (Å²) < 4.78 is 0. The number of phenols is 1. The van der Waals surface area contributed by atoms with Gasteiger partial charge in [0.2, 0.25) is 5.91 Å². The molecule has 0 aromatic heterocycles. The molecule has 0 aliphatic heterocycles. The van der Waals surface area contributed by atoms with Crippen molar-refractivity contribution in [2.24, 2.45) is 5.73 Å². The lowest BCUT2D eigenvalue weighted by atomic mass is 10.0. The standard InChI is InChI=1S/C11H16N2O2/c1-7(12)6-9-4-3-5-10(15)11(9)13-8(2)14/h3-5,7,15H,6,12H2,1-2H3,(H,13,14). The maximum atomic E-state index is 10.9. The van der Waals surface area contributed by atoms with Crippen LogP contribution in [-0.4, -0.2) is 17.1 Å². The maximum absolute atomic E-state index is 10.9. The van der Waals surface area contributed by atoms with Gasteiger partial charge in [-0.1, -0.05) is 12.1 Å². The third-order valence-corrected chi connectivity index (χ3v) is 1.97. The molecular formula is C11H16N2O2. The molecule has 0 aliphatic rings. The van der Waals surface area contributed by atoms with Crippen LogP contribution in [0.2, 0.25) is 0 Å². The van der Waals surface area contributed by atoms with Gasteiger partial charge in [-0.25, -0.2) is 0 Å². The molecule has 1 aromatic rings. The van der Waals surface area contributed by atoms with Crippen LogP contribution in [0, 0.1) is 0 Å². The summed E-state index contributed by atoms with van der Waals surface area (Å²) in [6.45, 7) is 3.28. The van der Waals surface area contributed by atoms with E-state index < -0.39 is 0 Å². The zero-order valence-electron chi connectivity index (χ0n) is 8.95. The highest BCUT2D eigenvalue weighted by Crippen LogP contribution is 2.27. The van der Waals surface area contributed by atoms with Gasteiger partial charge in [-0.3, -0.25) is 4.79 Å². The number of carbonyl (C=O) groups excluding carboxylic acids is 1. The molecule has 0 saturated heterocycles. The molecule has 0 fully saturated rings. The van der Waals surface area contributed by atoms with Crippen molar-refractivity contribution in [1.82, 2.24) is 0 Å². The van der Waals surface area contributed by atoms with Crippen molar-refractivity contribution in [2.75, 3.05) is 5.32 Å². The van der Waals surface area contributed by atoms with Gasteiger partial charge >= 0.3 is 0 Å². The van der Waals surface area contributed by atoms with Crippen LogP contribution in [0.1, 0.15) is 19.4 Å². The van der Waals surface area contributed by atoms with Gasteiger partial charge in [-0.15, -0.1) is 0 Å². The van der Waals surface area contributed by atoms with E-state index in [1.807, 2.05) is 13.0 Å². The molecule has 1 amide bonds. The van der Waals surface area contributed by atoms with E-state index in [1.54, 1.807) is 6.07 Å². The van der Waals surface area contributed by atoms with E-state index >= 15 is 0 Å². The van der Waals surface area contributed by atoms with Crippen LogP contribution in [0.25, 0.3) is 0 Å². The second kappa shape index (κ2) is 4.79. The molecule has 4 N–H and O–H groups in total. The lowest BCUT2D eigenvalue weighted by Crippen LogP contribution is -2.19. The Balaban J connectivity index is 3.02. The van der Waals surface area contributed by atoms with Crippen molar-refractivity contribution in [2.45, 2.75) is 26.3 Å². The SMILES string of the molecule is CC(=O)Nc1c(O)cccc1CC(C)N. The van der Waals surface area contributed by atoms with E-state index in [0.717, 1.165) is 5.56 Å². The lowest BCUT2D eigenvalue weighted by molar-refractivity contribution is -0.114. The second-order valence-corrected chi connectivity index (χ2v) is 3.67. The summed E-state index contributed by atoms with van der Waals surface area (Å²) >= 11 is 0. The summed E-state index contributed by atoms with van der Waals surface area (Å²) in [6, 6.07) is 5.10. The molecule has 0 bridgehead atoms. The normalized spacial score (nSPS) is 12.2. The van der Waals surface area contributed by atoms with E-state index in [2.05, 4.69) is 5.32 Å². The van der Waals surface area contributed by atoms with Crippen LogP contribution in [0.15, 0.2) is 18.2 Å². The van der Waals surface area contributed by atoms with E-state index in [9.17, 15) is 9.90 Å². The van der Waals surface area contributed by atoms with Gasteiger partial charge in [0.05, 0.1) is 5.69 Å². The smallest absolute Gasteiger partial charge is 0.221 e. The molecule has 0 radical (unpaired) electrons. The Bertz CT molecular complexity index is 362. The zero-order chi connectivity index (χ0) is 11.4. The molecule has 4 nitrogen and oxygen atoms in total. The number of rotatable bonds is 3. The fraction of sp³-hybridized carbons (Fsp3) is 0.364. The molecule has 15 heavy (non-hydrogen) atoms. The molecule has 0 aliphatic carbocycles. The molecule has 1 rings (SSSR count). The van der Waals surface area contributed by atoms with Crippen molar-refractivity contribution in [3.63, 3.8) is 0 Å². The van der Waals surface area contributed by atoms with Crippen LogP contribution in [0.3, 0.4) is 0 Å². The zero-order valence-corrected chi connectivity index (χ0v) is 8.95. The van der Waals surface area contributed by atoms with Gasteiger partial charge in [0.25, 0.3) is 0 Å². The molecule has 0 saturated carbocycles. The van der Waals surface area contributed by atoms with Crippen LogP contribution >= 0.6 is 0 Å². The number of hydrogen-bond acceptors (Lipinski definition) is 3. The number of aromatic hydroxyl groups is 1. The third-order valence-electron chi connectivity index (χ3n) is 1.97. The van der Waals surface area contributed by atoms with Crippen molar-refractivity contribution in [3.05, 3.63) is 23.8 Å². The molecule has 1 atom stereocenters. The minimum absolute atomic E-state index is 0.0145. The molecule has 1 unspecified atom stereocenters. The molecular weight excluding hydrogens is 192 g/mol. The summed E-state index contributed by atoms with van der Waals surface area (Å²) in [7, 11) is 0. The third kappa shape index (κ3) is 3.25. The first kappa shape index (κ1) is 11.5. The van der Waals surface area contributed by atoms with E-state index in [4.69, 9.17) is 5.73 Å². The Morgan fingerprint density at radius 3 is 2.80 bits per heavy atom. The van der Waals surface area contributed by atoms with Crippen LogP contribution < -0.4 is 11.1 Å². The first-order chi connectivity index (χ1) is 7.00. The van der Waals surface area contributed by atoms with Crippen molar-refractivity contribution in [3.8, 4) is 5.75 Å². The van der Waals surface area contributed by atoms with Crippen molar-refractivity contribution >= 4 is 11.6 Å². The van der Waals surface area contributed by atoms with E-state index in [0.29, 0.717) is 12.1 Å². The number of amides is 1. The van der Waals surface area contributed by atoms with Crippen LogP contribution in [-0.2, 0) is 11.2 Å². The largest absolute Gasteiger partial charge is 0.506 e. The van der Waals surface area contributed by atoms with E-state index in [1.165, 1.54) is 13.0 Å². The molecule has 1 aromatic carbocycles. The number of nitrogens with two attached hydrogens (primary N) is 1. The average molecular weight is 208 g/mol. The summed E-state index contributed by atoms with van der Waals surface area (Å²) in [5.74, 6) is -0.134. The highest BCUT2D eigenvalue weighted by atomic mass is 16.3. The van der Waals surface area contributed by atoms with Crippen LogP contribution in [0.4, 0.5) is 5.69 Å². The summed E-state index contributed by atoms with van der Waals surface area (Å²) in [6.07, 6.45) is 0.615. The molecule has 0 heterocycles. The van der Waals surface area contributed by atoms with Crippen LogP contribution in [0.5, 0.6) is 5.75 Å². The second-order valence-electron chi connectivity index (χ2n) is 3.67. The molecule has 82 valence electrons. The van der Waals surface area contributed by atoms with Gasteiger partial charge in [-0.2, -0.15) is 0 Å². The quantitative estimate of drug-likeness (QED) is 0.654. The van der Waals surface area contributed by atoms with E-state index in [-0.39, 0.29) is 17.7 Å². The first-order valence-electron chi connectivity index (χ1n) is 4.84. The summed E-state index contributed by atoms with van der Waals surface area (Å²) in [5, 5.41) is 12.2. The Labute approximate surface area is 89.1 Å². The number of hydrogen-bond donors (Lipinski definition) is 3. The first-order valence-corrected chi connectivity index (χ1v) is 4.84. The Hall–Kier alpha value is -1.55. The topological polar surface area (TPSA) is 75.3 Å². The number of carbonyl (C=O) groups is 1. The van der Waals surface area contributed by atoms with Gasteiger partial charge in [-0.05, 0) is 25.0 Å². The van der Waals surface area contributed by atoms with Gasteiger partial charge in [0, 0.05) is 13.0 Å². The van der Waals surface area contributed by atoms with Gasteiger partial charge in [0.1, 0.15) is 5.75 Å². The Morgan fingerprint density at radius 2 is 2.27 bits per heavy atom. The predicted molar refractivity (Wildman–Crippen MR) is 59.8 cm³/mol. The van der Waals surface area contributed by atoms with Gasteiger partial charge < -0.3 is 16.2 Å². The Morgan fingerprint density at radius 1 is 1.60 bits per heavy atom. The number of phenolic OH excluding ortho intramolecular Hbond substituents is 1. The highest BCUT2D eigenvalue weighted by Gasteiger charge is 2.10. The monoisotopic (exact) mass is 208 g/mol. The van der Waals surface area contributed by atoms with Crippen molar-refractivity contribution in [1.29, 1.82) is 0 Å². The summed E-state index contributed by atoms with van der Waals surface area (Å²) in [5.41, 5.74) is 6.99. The highest BCUT2D eigenvalue weighted by molar-refractivity contribution is 5.91. The molecule has 4 heteroatoms. The fourth-order valence-corrected chi connectivity index (χ4v) is 1.42. The number of benzene rings is 1. The average Bonchev–Trinajstić information content (AvgIpc) is 2.09. The predicted octanol–water partition coefficient (Wildman–Crippen LogP) is 1.24. The number of anilines is 1. The van der Waals surface area contributed by atoms with Crippen molar-refractivity contribution < 1.29 is 9.90 Å². The minimum atomic E-state index is -0.206. The minimum Gasteiger partial charge on any atom is -0.506 e. The molecule has 0 spiro atoms. The Kier molecular flexibility index (Phi) is 3.68. The fourth-order valence-electron chi connectivity index (χ4n) is 1.42. The van der Waals surface area contributed by atoms with Gasteiger partial charge in [0.15, 0.2) is 0 Å². The summed E-state index contributed by atoms with van der Waals surface area (Å²) in [4.78, 5) is 10.9. The number of nitrogens with one attached hydrogen (secondary N) is 1.